The summed E-state index contributed by atoms with van der Waals surface area (Å²) in [6.07, 6.45) is 4.80. The molecule has 0 bridgehead atoms. The summed E-state index contributed by atoms with van der Waals surface area (Å²) in [6.45, 7) is 6.67. The highest BCUT2D eigenvalue weighted by molar-refractivity contribution is 14.0. The summed E-state index contributed by atoms with van der Waals surface area (Å²) in [5.41, 5.74) is 0. The number of hydrogen-bond acceptors (Lipinski definition) is 4. The zero-order valence-corrected chi connectivity index (χ0v) is 15.9. The number of guanidine groups is 1. The number of halogens is 1. The normalized spacial score (nSPS) is 20.5. The van der Waals surface area contributed by atoms with Crippen molar-refractivity contribution in [3.05, 3.63) is 24.3 Å². The van der Waals surface area contributed by atoms with E-state index in [4.69, 9.17) is 0 Å². The Labute approximate surface area is 154 Å². The molecule has 2 unspecified atom stereocenters. The van der Waals surface area contributed by atoms with Gasteiger partial charge in [-0.25, -0.2) is 4.99 Å². The summed E-state index contributed by atoms with van der Waals surface area (Å²) < 4.78 is 1.92. The van der Waals surface area contributed by atoms with Gasteiger partial charge in [0.05, 0.1) is 12.0 Å². The molecule has 7 nitrogen and oxygen atoms in total. The van der Waals surface area contributed by atoms with E-state index in [1.165, 1.54) is 0 Å². The molecule has 1 fully saturated rings. The molecule has 1 aromatic heterocycles. The Bertz CT molecular complexity index is 587. The molecule has 0 spiro atoms. The molecule has 0 aliphatic heterocycles. The van der Waals surface area contributed by atoms with E-state index < -0.39 is 0 Å². The molecule has 0 aromatic carbocycles. The molecular formula is C15H24IN7. The van der Waals surface area contributed by atoms with Gasteiger partial charge in [0.1, 0.15) is 12.4 Å². The van der Waals surface area contributed by atoms with Gasteiger partial charge in [0, 0.05) is 19.6 Å². The molecule has 0 radical (unpaired) electrons. The van der Waals surface area contributed by atoms with Gasteiger partial charge < -0.3 is 15.2 Å². The number of rotatable bonds is 5. The summed E-state index contributed by atoms with van der Waals surface area (Å²) in [7, 11) is 1.92. The molecule has 0 saturated heterocycles. The predicted octanol–water partition coefficient (Wildman–Crippen LogP) is 1.65. The maximum absolute atomic E-state index is 9.18. The fourth-order valence-corrected chi connectivity index (χ4v) is 2.52. The largest absolute Gasteiger partial charge is 0.353 e. The van der Waals surface area contributed by atoms with Crippen LogP contribution in [-0.2, 0) is 13.6 Å². The molecule has 1 heterocycles. The average Bonchev–Trinajstić information content (AvgIpc) is 3.10. The van der Waals surface area contributed by atoms with Crippen LogP contribution in [0, 0.1) is 24.2 Å². The van der Waals surface area contributed by atoms with Crippen LogP contribution in [0.3, 0.4) is 0 Å². The SMILES string of the molecule is C=CCNC(=NCc1nnc(C)n1C)NC1CCCC1C#N.I. The van der Waals surface area contributed by atoms with Crippen molar-refractivity contribution in [3.63, 3.8) is 0 Å². The fraction of sp³-hybridized carbons (Fsp3) is 0.600. The van der Waals surface area contributed by atoms with Crippen molar-refractivity contribution in [1.82, 2.24) is 25.4 Å². The van der Waals surface area contributed by atoms with Crippen LogP contribution in [0.1, 0.15) is 30.9 Å². The van der Waals surface area contributed by atoms with Crippen LogP contribution in [0.2, 0.25) is 0 Å². The van der Waals surface area contributed by atoms with Crippen molar-refractivity contribution in [1.29, 1.82) is 5.26 Å². The zero-order valence-electron chi connectivity index (χ0n) is 13.6. The van der Waals surface area contributed by atoms with Crippen LogP contribution in [-0.4, -0.2) is 33.3 Å². The predicted molar refractivity (Wildman–Crippen MR) is 100 cm³/mol. The molecular weight excluding hydrogens is 405 g/mol. The highest BCUT2D eigenvalue weighted by Crippen LogP contribution is 2.24. The summed E-state index contributed by atoms with van der Waals surface area (Å²) in [6, 6.07) is 2.52. The minimum Gasteiger partial charge on any atom is -0.353 e. The Hall–Kier alpha value is -1.63. The molecule has 0 amide bonds. The number of nitrogens with one attached hydrogen (secondary N) is 2. The minimum atomic E-state index is 0. The van der Waals surface area contributed by atoms with E-state index >= 15 is 0 Å². The van der Waals surface area contributed by atoms with E-state index in [9.17, 15) is 5.26 Å². The van der Waals surface area contributed by atoms with Crippen LogP contribution < -0.4 is 10.6 Å². The average molecular weight is 429 g/mol. The first-order valence-corrected chi connectivity index (χ1v) is 7.56. The van der Waals surface area contributed by atoms with E-state index in [0.717, 1.165) is 30.9 Å². The molecule has 23 heavy (non-hydrogen) atoms. The molecule has 126 valence electrons. The molecule has 2 atom stereocenters. The summed E-state index contributed by atoms with van der Waals surface area (Å²) in [5.74, 6) is 2.40. The van der Waals surface area contributed by atoms with E-state index in [-0.39, 0.29) is 35.9 Å². The Kier molecular flexibility index (Phi) is 8.02. The number of aromatic nitrogens is 3. The number of nitrogens with zero attached hydrogens (tertiary/aromatic N) is 5. The Morgan fingerprint density at radius 2 is 2.30 bits per heavy atom. The molecule has 1 saturated carbocycles. The van der Waals surface area contributed by atoms with Crippen LogP contribution in [0.5, 0.6) is 0 Å². The number of aliphatic imine (C=N–C) groups is 1. The van der Waals surface area contributed by atoms with Gasteiger partial charge in [-0.05, 0) is 26.2 Å². The van der Waals surface area contributed by atoms with Crippen LogP contribution >= 0.6 is 24.0 Å². The first-order chi connectivity index (χ1) is 10.7. The highest BCUT2D eigenvalue weighted by Gasteiger charge is 2.27. The van der Waals surface area contributed by atoms with Crippen LogP contribution in [0.15, 0.2) is 17.6 Å². The zero-order chi connectivity index (χ0) is 15.9. The van der Waals surface area contributed by atoms with E-state index in [1.807, 2.05) is 18.5 Å². The van der Waals surface area contributed by atoms with Gasteiger partial charge in [-0.3, -0.25) is 0 Å². The van der Waals surface area contributed by atoms with Gasteiger partial charge in [-0.1, -0.05) is 6.08 Å². The maximum atomic E-state index is 9.18. The van der Waals surface area contributed by atoms with E-state index in [0.29, 0.717) is 19.0 Å². The second-order valence-corrected chi connectivity index (χ2v) is 5.47. The Balaban J connectivity index is 0.00000264. The van der Waals surface area contributed by atoms with Crippen molar-refractivity contribution in [2.75, 3.05) is 6.54 Å². The molecule has 1 aliphatic carbocycles. The van der Waals surface area contributed by atoms with Crippen LogP contribution in [0.25, 0.3) is 0 Å². The smallest absolute Gasteiger partial charge is 0.192 e. The molecule has 8 heteroatoms. The fourth-order valence-electron chi connectivity index (χ4n) is 2.52. The quantitative estimate of drug-likeness (QED) is 0.322. The maximum Gasteiger partial charge on any atom is 0.192 e. The Morgan fingerprint density at radius 3 is 2.91 bits per heavy atom. The number of hydrogen-bond donors (Lipinski definition) is 2. The highest BCUT2D eigenvalue weighted by atomic mass is 127. The topological polar surface area (TPSA) is 90.9 Å². The second kappa shape index (κ2) is 9.50. The second-order valence-electron chi connectivity index (χ2n) is 5.47. The lowest BCUT2D eigenvalue weighted by Gasteiger charge is -2.19. The summed E-state index contributed by atoms with van der Waals surface area (Å²) in [5, 5.41) is 23.9. The van der Waals surface area contributed by atoms with Gasteiger partial charge in [0.25, 0.3) is 0 Å². The van der Waals surface area contributed by atoms with Crippen molar-refractivity contribution < 1.29 is 0 Å². The molecule has 1 aliphatic rings. The van der Waals surface area contributed by atoms with E-state index in [1.54, 1.807) is 6.08 Å². The standard InChI is InChI=1S/C15H23N7.HI/c1-4-8-17-15(19-13-7-5-6-12(13)9-16)18-10-14-21-20-11(2)22(14)3;/h4,12-13H,1,5-8,10H2,2-3H3,(H2,17,18,19);1H. The van der Waals surface area contributed by atoms with Crippen molar-refractivity contribution in [3.8, 4) is 6.07 Å². The van der Waals surface area contributed by atoms with Crippen molar-refractivity contribution in [2.45, 2.75) is 38.8 Å². The van der Waals surface area contributed by atoms with E-state index in [2.05, 4.69) is 38.5 Å². The number of aryl methyl sites for hydroxylation is 1. The van der Waals surface area contributed by atoms with Gasteiger partial charge >= 0.3 is 0 Å². The molecule has 1 aromatic rings. The third-order valence-electron chi connectivity index (χ3n) is 3.98. The Morgan fingerprint density at radius 1 is 1.52 bits per heavy atom. The van der Waals surface area contributed by atoms with Crippen molar-refractivity contribution in [2.24, 2.45) is 18.0 Å². The third-order valence-corrected chi connectivity index (χ3v) is 3.98. The van der Waals surface area contributed by atoms with Crippen molar-refractivity contribution >= 4 is 29.9 Å². The summed E-state index contributed by atoms with van der Waals surface area (Å²) >= 11 is 0. The summed E-state index contributed by atoms with van der Waals surface area (Å²) in [4.78, 5) is 4.55. The lowest BCUT2D eigenvalue weighted by atomic mass is 10.1. The first-order valence-electron chi connectivity index (χ1n) is 7.56. The van der Waals surface area contributed by atoms with Gasteiger partial charge in [0.15, 0.2) is 11.8 Å². The lowest BCUT2D eigenvalue weighted by molar-refractivity contribution is 0.533. The van der Waals surface area contributed by atoms with Crippen LogP contribution in [0.4, 0.5) is 0 Å². The molecule has 2 N–H and O–H groups in total. The first kappa shape index (κ1) is 19.4. The van der Waals surface area contributed by atoms with Gasteiger partial charge in [-0.2, -0.15) is 5.26 Å². The van der Waals surface area contributed by atoms with Gasteiger partial charge in [-0.15, -0.1) is 40.8 Å². The lowest BCUT2D eigenvalue weighted by Crippen LogP contribution is -2.44. The molecule has 2 rings (SSSR count). The number of nitriles is 1. The monoisotopic (exact) mass is 429 g/mol. The third kappa shape index (κ3) is 5.20. The van der Waals surface area contributed by atoms with Gasteiger partial charge in [0.2, 0.25) is 0 Å². The minimum absolute atomic E-state index is 0.